The van der Waals surface area contributed by atoms with Gasteiger partial charge in [0.05, 0.1) is 12.1 Å². The van der Waals surface area contributed by atoms with Gasteiger partial charge in [-0.05, 0) is 40.2 Å². The van der Waals surface area contributed by atoms with Gasteiger partial charge in [-0.2, -0.15) is 0 Å². The number of nitrogen functional groups attached to an aromatic ring is 1. The standard InChI is InChI=1S/C12H11BrClN3O3S/c1-20-10-4-8(13)9(15)5-11(10)21(18,19)17-12-3-2-7(14)6-16-12/h2-6H,15H2,1H3,(H,16,17). The lowest BCUT2D eigenvalue weighted by Crippen LogP contribution is -2.15. The Bertz CT molecular complexity index is 766. The van der Waals surface area contributed by atoms with Crippen LogP contribution in [0.5, 0.6) is 5.75 Å². The molecule has 0 unspecified atom stereocenters. The molecule has 0 fully saturated rings. The molecule has 0 amide bonds. The number of methoxy groups -OCH3 is 1. The molecular formula is C12H11BrClN3O3S. The third kappa shape index (κ3) is 3.58. The Balaban J connectivity index is 2.44. The average Bonchev–Trinajstić information content (AvgIpc) is 2.43. The molecule has 2 rings (SSSR count). The molecule has 0 bridgehead atoms. The van der Waals surface area contributed by atoms with Gasteiger partial charge >= 0.3 is 0 Å². The molecule has 2 aromatic rings. The number of rotatable bonds is 4. The number of hydrogen-bond acceptors (Lipinski definition) is 5. The van der Waals surface area contributed by atoms with Gasteiger partial charge in [0.2, 0.25) is 0 Å². The molecule has 0 spiro atoms. The zero-order valence-electron chi connectivity index (χ0n) is 10.8. The number of nitrogens with zero attached hydrogens (tertiary/aromatic N) is 1. The van der Waals surface area contributed by atoms with Crippen molar-refractivity contribution in [3.05, 3.63) is 40.0 Å². The van der Waals surface area contributed by atoms with Crippen LogP contribution in [-0.2, 0) is 10.0 Å². The van der Waals surface area contributed by atoms with Crippen LogP contribution in [0, 0.1) is 0 Å². The van der Waals surface area contributed by atoms with E-state index in [4.69, 9.17) is 22.1 Å². The maximum atomic E-state index is 12.4. The lowest BCUT2D eigenvalue weighted by atomic mass is 10.3. The zero-order valence-corrected chi connectivity index (χ0v) is 14.0. The predicted octanol–water partition coefficient (Wildman–Crippen LogP) is 2.89. The molecule has 0 aliphatic heterocycles. The largest absolute Gasteiger partial charge is 0.495 e. The summed E-state index contributed by atoms with van der Waals surface area (Å²) in [5.74, 6) is 0.306. The monoisotopic (exact) mass is 391 g/mol. The van der Waals surface area contributed by atoms with Crippen LogP contribution in [0.25, 0.3) is 0 Å². The summed E-state index contributed by atoms with van der Waals surface area (Å²) in [7, 11) is -2.52. The van der Waals surface area contributed by atoms with Crippen molar-refractivity contribution < 1.29 is 13.2 Å². The van der Waals surface area contributed by atoms with Gasteiger partial charge in [0.15, 0.2) is 0 Å². The summed E-state index contributed by atoms with van der Waals surface area (Å²) in [6.45, 7) is 0. The second-order valence-electron chi connectivity index (χ2n) is 3.99. The van der Waals surface area contributed by atoms with E-state index in [1.165, 1.54) is 37.6 Å². The van der Waals surface area contributed by atoms with E-state index >= 15 is 0 Å². The van der Waals surface area contributed by atoms with Gasteiger partial charge in [-0.3, -0.25) is 4.72 Å². The van der Waals surface area contributed by atoms with Crippen molar-refractivity contribution in [2.75, 3.05) is 17.6 Å². The third-order valence-electron chi connectivity index (χ3n) is 2.54. The van der Waals surface area contributed by atoms with Crippen LogP contribution in [0.1, 0.15) is 0 Å². The van der Waals surface area contributed by atoms with Gasteiger partial charge in [0.1, 0.15) is 16.5 Å². The first-order valence-electron chi connectivity index (χ1n) is 5.61. The van der Waals surface area contributed by atoms with E-state index in [-0.39, 0.29) is 22.2 Å². The van der Waals surface area contributed by atoms with Crippen molar-refractivity contribution in [1.82, 2.24) is 4.98 Å². The highest BCUT2D eigenvalue weighted by Gasteiger charge is 2.21. The van der Waals surface area contributed by atoms with Crippen LogP contribution < -0.4 is 15.2 Å². The number of nitrogens with one attached hydrogen (secondary N) is 1. The Morgan fingerprint density at radius 3 is 2.67 bits per heavy atom. The quantitative estimate of drug-likeness (QED) is 0.780. The molecule has 21 heavy (non-hydrogen) atoms. The second-order valence-corrected chi connectivity index (χ2v) is 6.93. The number of benzene rings is 1. The van der Waals surface area contributed by atoms with Gasteiger partial charge in [0.25, 0.3) is 10.0 Å². The minimum absolute atomic E-state index is 0.0811. The molecule has 0 aliphatic carbocycles. The average molecular weight is 393 g/mol. The van der Waals surface area contributed by atoms with Crippen LogP contribution in [0.4, 0.5) is 11.5 Å². The summed E-state index contributed by atoms with van der Waals surface area (Å²) in [6.07, 6.45) is 1.34. The van der Waals surface area contributed by atoms with Crippen molar-refractivity contribution in [3.8, 4) is 5.75 Å². The highest BCUT2D eigenvalue weighted by atomic mass is 79.9. The number of anilines is 2. The summed E-state index contributed by atoms with van der Waals surface area (Å²) in [4.78, 5) is 3.80. The van der Waals surface area contributed by atoms with E-state index in [1.807, 2.05) is 0 Å². The summed E-state index contributed by atoms with van der Waals surface area (Å²) in [6, 6.07) is 5.77. The number of nitrogens with two attached hydrogens (primary N) is 1. The Hall–Kier alpha value is -1.51. The van der Waals surface area contributed by atoms with Gasteiger partial charge in [-0.15, -0.1) is 0 Å². The fraction of sp³-hybridized carbons (Fsp3) is 0.0833. The molecule has 1 aromatic carbocycles. The molecule has 9 heteroatoms. The number of pyridine rings is 1. The topological polar surface area (TPSA) is 94.3 Å². The summed E-state index contributed by atoms with van der Waals surface area (Å²) >= 11 is 8.92. The van der Waals surface area contributed by atoms with Crippen LogP contribution in [-0.4, -0.2) is 20.5 Å². The van der Waals surface area contributed by atoms with E-state index in [1.54, 1.807) is 0 Å². The molecule has 0 saturated carbocycles. The molecule has 112 valence electrons. The summed E-state index contributed by atoms with van der Waals surface area (Å²) in [5.41, 5.74) is 6.00. The summed E-state index contributed by atoms with van der Waals surface area (Å²) < 4.78 is 32.7. The second kappa shape index (κ2) is 6.08. The first-order chi connectivity index (χ1) is 9.83. The van der Waals surface area contributed by atoms with E-state index in [0.29, 0.717) is 9.50 Å². The highest BCUT2D eigenvalue weighted by Crippen LogP contribution is 2.33. The van der Waals surface area contributed by atoms with Crippen LogP contribution in [0.2, 0.25) is 5.02 Å². The van der Waals surface area contributed by atoms with E-state index < -0.39 is 10.0 Å². The Labute approximate surface area is 135 Å². The van der Waals surface area contributed by atoms with Gasteiger partial charge in [-0.1, -0.05) is 11.6 Å². The Kier molecular flexibility index (Phi) is 4.60. The molecule has 3 N–H and O–H groups in total. The number of halogens is 2. The molecule has 1 heterocycles. The van der Waals surface area contributed by atoms with Gasteiger partial charge < -0.3 is 10.5 Å². The van der Waals surface area contributed by atoms with Crippen molar-refractivity contribution in [2.24, 2.45) is 0 Å². The molecule has 0 saturated heterocycles. The molecule has 0 atom stereocenters. The molecule has 0 radical (unpaired) electrons. The fourth-order valence-corrected chi connectivity index (χ4v) is 3.18. The molecule has 0 aliphatic rings. The fourth-order valence-electron chi connectivity index (χ4n) is 1.55. The zero-order chi connectivity index (χ0) is 15.6. The van der Waals surface area contributed by atoms with Crippen LogP contribution in [0.3, 0.4) is 0 Å². The number of hydrogen-bond donors (Lipinski definition) is 2. The molecule has 1 aromatic heterocycles. The number of ether oxygens (including phenoxy) is 1. The van der Waals surface area contributed by atoms with Crippen molar-refractivity contribution >= 4 is 49.1 Å². The lowest BCUT2D eigenvalue weighted by Gasteiger charge is -2.12. The number of sulfonamides is 1. The first-order valence-corrected chi connectivity index (χ1v) is 8.26. The summed E-state index contributed by atoms with van der Waals surface area (Å²) in [5, 5.41) is 0.406. The molecular weight excluding hydrogens is 382 g/mol. The highest BCUT2D eigenvalue weighted by molar-refractivity contribution is 9.10. The lowest BCUT2D eigenvalue weighted by molar-refractivity contribution is 0.402. The minimum Gasteiger partial charge on any atom is -0.495 e. The van der Waals surface area contributed by atoms with E-state index in [0.717, 1.165) is 0 Å². The Morgan fingerprint density at radius 2 is 2.10 bits per heavy atom. The van der Waals surface area contributed by atoms with E-state index in [2.05, 4.69) is 25.6 Å². The Morgan fingerprint density at radius 1 is 1.38 bits per heavy atom. The van der Waals surface area contributed by atoms with Crippen LogP contribution in [0.15, 0.2) is 39.8 Å². The number of aromatic nitrogens is 1. The van der Waals surface area contributed by atoms with Gasteiger partial charge in [-0.25, -0.2) is 13.4 Å². The van der Waals surface area contributed by atoms with Crippen molar-refractivity contribution in [3.63, 3.8) is 0 Å². The minimum atomic E-state index is -3.89. The van der Waals surface area contributed by atoms with Crippen LogP contribution >= 0.6 is 27.5 Å². The normalized spacial score (nSPS) is 11.2. The molecule has 6 nitrogen and oxygen atoms in total. The van der Waals surface area contributed by atoms with Gasteiger partial charge in [0, 0.05) is 16.4 Å². The van der Waals surface area contributed by atoms with Crippen molar-refractivity contribution in [1.29, 1.82) is 0 Å². The smallest absolute Gasteiger partial charge is 0.266 e. The predicted molar refractivity (Wildman–Crippen MR) is 85.2 cm³/mol. The van der Waals surface area contributed by atoms with Crippen molar-refractivity contribution in [2.45, 2.75) is 4.90 Å². The maximum absolute atomic E-state index is 12.4. The third-order valence-corrected chi connectivity index (χ3v) is 4.83. The van der Waals surface area contributed by atoms with E-state index in [9.17, 15) is 8.42 Å². The SMILES string of the molecule is COc1cc(Br)c(N)cc1S(=O)(=O)Nc1ccc(Cl)cn1. The maximum Gasteiger partial charge on any atom is 0.266 e. The first kappa shape index (κ1) is 15.9.